The maximum atomic E-state index is 13.2. The van der Waals surface area contributed by atoms with E-state index < -0.39 is 21.9 Å². The molecule has 0 radical (unpaired) electrons. The molecule has 0 saturated carbocycles. The second kappa shape index (κ2) is 9.88. The van der Waals surface area contributed by atoms with Crippen LogP contribution in [-0.2, 0) is 27.9 Å². The first-order valence-electron chi connectivity index (χ1n) is 11.1. The van der Waals surface area contributed by atoms with Crippen molar-refractivity contribution < 1.29 is 31.2 Å². The van der Waals surface area contributed by atoms with E-state index in [-0.39, 0.29) is 55.7 Å². The van der Waals surface area contributed by atoms with Gasteiger partial charge in [0.25, 0.3) is 11.8 Å². The molecule has 3 heterocycles. The summed E-state index contributed by atoms with van der Waals surface area (Å²) in [7, 11) is -3.83. The van der Waals surface area contributed by atoms with Crippen LogP contribution in [0.5, 0.6) is 0 Å². The normalized spacial score (nSPS) is 18.1. The molecular formula is C23H26F2N4O5S. The highest BCUT2D eigenvalue weighted by Gasteiger charge is 2.34. The monoisotopic (exact) mass is 508 g/mol. The molecule has 1 fully saturated rings. The van der Waals surface area contributed by atoms with Crippen molar-refractivity contribution in [3.8, 4) is 0 Å². The van der Waals surface area contributed by atoms with Gasteiger partial charge in [-0.1, -0.05) is 6.58 Å². The van der Waals surface area contributed by atoms with Crippen LogP contribution in [0.3, 0.4) is 0 Å². The van der Waals surface area contributed by atoms with E-state index in [1.807, 2.05) is 4.90 Å². The van der Waals surface area contributed by atoms with E-state index in [9.17, 15) is 26.8 Å². The highest BCUT2D eigenvalue weighted by atomic mass is 32.2. The molecule has 0 unspecified atom stereocenters. The standard InChI is InChI=1S/C23H26F2N4O5S/c1-2-20(30)27-21-13-17-14-29(15-19(17)34-21)35(32,33)18-5-3-16(4-6-18)22(31)26-9-12-28-10-7-23(24,25)8-11-28/h2-6,13H,1,7-12,14-15H2,(H,26,31)(H,27,30). The Bertz CT molecular complexity index is 1190. The van der Waals surface area contributed by atoms with Gasteiger partial charge in [-0.25, -0.2) is 17.2 Å². The number of rotatable bonds is 8. The van der Waals surface area contributed by atoms with Gasteiger partial charge >= 0.3 is 0 Å². The Labute approximate surface area is 201 Å². The quantitative estimate of drug-likeness (QED) is 0.530. The number of hydrogen-bond donors (Lipinski definition) is 2. The number of halogens is 2. The Morgan fingerprint density at radius 1 is 1.14 bits per heavy atom. The Morgan fingerprint density at radius 2 is 1.83 bits per heavy atom. The maximum Gasteiger partial charge on any atom is 0.251 e. The first kappa shape index (κ1) is 25.0. The summed E-state index contributed by atoms with van der Waals surface area (Å²) in [6.45, 7) is 4.82. The Balaban J connectivity index is 1.30. The van der Waals surface area contributed by atoms with E-state index in [0.717, 1.165) is 6.08 Å². The average molecular weight is 509 g/mol. The number of amides is 2. The minimum atomic E-state index is -3.83. The van der Waals surface area contributed by atoms with Crippen molar-refractivity contribution in [1.29, 1.82) is 0 Å². The number of carbonyl (C=O) groups excluding carboxylic acids is 2. The molecule has 1 saturated heterocycles. The van der Waals surface area contributed by atoms with Crippen molar-refractivity contribution in [3.05, 3.63) is 59.9 Å². The largest absolute Gasteiger partial charge is 0.444 e. The molecule has 2 aliphatic heterocycles. The second-order valence-corrected chi connectivity index (χ2v) is 10.4. The smallest absolute Gasteiger partial charge is 0.251 e. The van der Waals surface area contributed by atoms with E-state index in [0.29, 0.717) is 30.0 Å². The lowest BCUT2D eigenvalue weighted by atomic mass is 10.1. The van der Waals surface area contributed by atoms with Crippen LogP contribution in [0, 0.1) is 0 Å². The highest BCUT2D eigenvalue weighted by molar-refractivity contribution is 7.89. The van der Waals surface area contributed by atoms with Crippen molar-refractivity contribution in [2.24, 2.45) is 0 Å². The van der Waals surface area contributed by atoms with Crippen molar-refractivity contribution in [2.45, 2.75) is 36.7 Å². The molecular weight excluding hydrogens is 482 g/mol. The van der Waals surface area contributed by atoms with Crippen LogP contribution in [0.1, 0.15) is 34.5 Å². The number of carbonyl (C=O) groups is 2. The van der Waals surface area contributed by atoms with Crippen LogP contribution in [0.25, 0.3) is 0 Å². The van der Waals surface area contributed by atoms with E-state index >= 15 is 0 Å². The van der Waals surface area contributed by atoms with Gasteiger partial charge < -0.3 is 14.6 Å². The second-order valence-electron chi connectivity index (χ2n) is 8.50. The van der Waals surface area contributed by atoms with Crippen molar-refractivity contribution in [3.63, 3.8) is 0 Å². The number of furan rings is 1. The summed E-state index contributed by atoms with van der Waals surface area (Å²) in [4.78, 5) is 25.7. The number of nitrogens with zero attached hydrogens (tertiary/aromatic N) is 2. The number of alkyl halides is 2. The zero-order valence-electron chi connectivity index (χ0n) is 18.9. The summed E-state index contributed by atoms with van der Waals surface area (Å²) in [6.07, 6.45) is 0.746. The fourth-order valence-electron chi connectivity index (χ4n) is 4.00. The summed E-state index contributed by atoms with van der Waals surface area (Å²) in [5, 5.41) is 5.23. The third-order valence-corrected chi connectivity index (χ3v) is 7.86. The summed E-state index contributed by atoms with van der Waals surface area (Å²) >= 11 is 0. The first-order chi connectivity index (χ1) is 16.6. The number of piperidine rings is 1. The van der Waals surface area contributed by atoms with Gasteiger partial charge in [0.2, 0.25) is 15.9 Å². The van der Waals surface area contributed by atoms with Gasteiger partial charge in [0.05, 0.1) is 11.4 Å². The van der Waals surface area contributed by atoms with Gasteiger partial charge in [0.1, 0.15) is 5.76 Å². The molecule has 12 heteroatoms. The molecule has 0 spiro atoms. The molecule has 2 aliphatic rings. The fraction of sp³-hybridized carbons (Fsp3) is 0.391. The molecule has 1 aromatic carbocycles. The average Bonchev–Trinajstić information content (AvgIpc) is 3.39. The van der Waals surface area contributed by atoms with Gasteiger partial charge in [-0.05, 0) is 30.3 Å². The van der Waals surface area contributed by atoms with Crippen molar-refractivity contribution in [2.75, 3.05) is 31.5 Å². The number of likely N-dealkylation sites (tertiary alicyclic amines) is 1. The summed E-state index contributed by atoms with van der Waals surface area (Å²) in [5.41, 5.74) is 0.950. The zero-order chi connectivity index (χ0) is 25.2. The molecule has 0 bridgehead atoms. The van der Waals surface area contributed by atoms with Crippen LogP contribution in [0.2, 0.25) is 0 Å². The van der Waals surface area contributed by atoms with Gasteiger partial charge in [-0.2, -0.15) is 4.31 Å². The number of fused-ring (bicyclic) bond motifs is 1. The topological polar surface area (TPSA) is 112 Å². The molecule has 0 atom stereocenters. The van der Waals surface area contributed by atoms with Crippen molar-refractivity contribution >= 4 is 27.7 Å². The minimum absolute atomic E-state index is 0.0201. The van der Waals surface area contributed by atoms with E-state index in [1.54, 1.807) is 6.07 Å². The van der Waals surface area contributed by atoms with Gasteiger partial charge in [-0.15, -0.1) is 0 Å². The van der Waals surface area contributed by atoms with Crippen molar-refractivity contribution in [1.82, 2.24) is 14.5 Å². The number of sulfonamides is 1. The number of hydrogen-bond acceptors (Lipinski definition) is 6. The lowest BCUT2D eigenvalue weighted by Gasteiger charge is -2.31. The lowest BCUT2D eigenvalue weighted by Crippen LogP contribution is -2.43. The molecule has 188 valence electrons. The highest BCUT2D eigenvalue weighted by Crippen LogP contribution is 2.33. The van der Waals surface area contributed by atoms with Crippen LogP contribution in [0.4, 0.5) is 14.7 Å². The van der Waals surface area contributed by atoms with E-state index in [2.05, 4.69) is 17.2 Å². The molecule has 35 heavy (non-hydrogen) atoms. The summed E-state index contributed by atoms with van der Waals surface area (Å²) < 4.78 is 59.3. The number of anilines is 1. The van der Waals surface area contributed by atoms with Gasteiger partial charge in [0, 0.05) is 62.8 Å². The number of benzene rings is 1. The lowest BCUT2D eigenvalue weighted by molar-refractivity contribution is -0.112. The van der Waals surface area contributed by atoms with E-state index in [1.165, 1.54) is 28.6 Å². The SMILES string of the molecule is C=CC(=O)Nc1cc2c(o1)CN(S(=O)(=O)c1ccc(C(=O)NCCN3CCC(F)(F)CC3)cc1)C2. The summed E-state index contributed by atoms with van der Waals surface area (Å²) in [5.74, 6) is -2.73. The number of nitrogens with one attached hydrogen (secondary N) is 2. The Morgan fingerprint density at radius 3 is 2.46 bits per heavy atom. The maximum absolute atomic E-state index is 13.2. The third-order valence-electron chi connectivity index (χ3n) is 6.05. The molecule has 2 N–H and O–H groups in total. The van der Waals surface area contributed by atoms with E-state index in [4.69, 9.17) is 4.42 Å². The zero-order valence-corrected chi connectivity index (χ0v) is 19.7. The minimum Gasteiger partial charge on any atom is -0.444 e. The van der Waals surface area contributed by atoms with Crippen LogP contribution < -0.4 is 10.6 Å². The molecule has 4 rings (SSSR count). The summed E-state index contributed by atoms with van der Waals surface area (Å²) in [6, 6.07) is 7.18. The molecule has 0 aliphatic carbocycles. The molecule has 2 aromatic rings. The first-order valence-corrected chi connectivity index (χ1v) is 12.5. The molecule has 9 nitrogen and oxygen atoms in total. The van der Waals surface area contributed by atoms with Crippen LogP contribution in [-0.4, -0.2) is 61.5 Å². The molecule has 1 aromatic heterocycles. The molecule has 2 amide bonds. The predicted molar refractivity (Wildman–Crippen MR) is 123 cm³/mol. The van der Waals surface area contributed by atoms with Gasteiger partial charge in [0.15, 0.2) is 5.88 Å². The van der Waals surface area contributed by atoms with Gasteiger partial charge in [-0.3, -0.25) is 14.9 Å². The van der Waals surface area contributed by atoms with Crippen LogP contribution >= 0.6 is 0 Å². The van der Waals surface area contributed by atoms with Crippen LogP contribution in [0.15, 0.2) is 52.3 Å². The predicted octanol–water partition coefficient (Wildman–Crippen LogP) is 2.57. The fourth-order valence-corrected chi connectivity index (χ4v) is 5.38. The Hall–Kier alpha value is -3.09. The Kier molecular flexibility index (Phi) is 7.06. The third kappa shape index (κ3) is 5.77.